The molecule has 0 unspecified atom stereocenters. The first kappa shape index (κ1) is 12.1. The average Bonchev–Trinajstić information content (AvgIpc) is 2.73. The maximum absolute atomic E-state index is 10.8. The van der Waals surface area contributed by atoms with Crippen molar-refractivity contribution >= 4 is 29.1 Å². The van der Waals surface area contributed by atoms with Gasteiger partial charge < -0.3 is 5.11 Å². The van der Waals surface area contributed by atoms with Gasteiger partial charge in [0.2, 0.25) is 0 Å². The van der Waals surface area contributed by atoms with Crippen molar-refractivity contribution in [1.29, 1.82) is 0 Å². The van der Waals surface area contributed by atoms with Crippen molar-refractivity contribution in [3.63, 3.8) is 0 Å². The van der Waals surface area contributed by atoms with E-state index in [0.717, 1.165) is 14.9 Å². The predicted octanol–water partition coefficient (Wildman–Crippen LogP) is 2.84. The van der Waals surface area contributed by atoms with Crippen LogP contribution in [0, 0.1) is 6.92 Å². The Bertz CT molecular complexity index is 540. The quantitative estimate of drug-likeness (QED) is 0.862. The van der Waals surface area contributed by atoms with Gasteiger partial charge in [-0.2, -0.15) is 0 Å². The van der Waals surface area contributed by atoms with Crippen molar-refractivity contribution in [1.82, 2.24) is 10.2 Å². The molecule has 1 heterocycles. The Hall–Kier alpha value is -1.40. The highest BCUT2D eigenvalue weighted by molar-refractivity contribution is 8.00. The monoisotopic (exact) mass is 266 g/mol. The van der Waals surface area contributed by atoms with Crippen LogP contribution in [0.4, 0.5) is 0 Å². The molecule has 88 valence electrons. The van der Waals surface area contributed by atoms with Gasteiger partial charge in [0.25, 0.3) is 0 Å². The van der Waals surface area contributed by atoms with Gasteiger partial charge in [-0.3, -0.25) is 0 Å². The molecule has 0 spiro atoms. The van der Waals surface area contributed by atoms with Crippen molar-refractivity contribution in [2.75, 3.05) is 0 Å². The van der Waals surface area contributed by atoms with Gasteiger partial charge in [0, 0.05) is 5.75 Å². The predicted molar refractivity (Wildman–Crippen MR) is 67.6 cm³/mol. The molecule has 0 amide bonds. The van der Waals surface area contributed by atoms with Crippen LogP contribution in [0.5, 0.6) is 0 Å². The Kier molecular flexibility index (Phi) is 3.75. The van der Waals surface area contributed by atoms with E-state index in [4.69, 9.17) is 5.11 Å². The van der Waals surface area contributed by atoms with E-state index in [9.17, 15) is 4.79 Å². The van der Waals surface area contributed by atoms with E-state index < -0.39 is 5.97 Å². The minimum atomic E-state index is -0.899. The topological polar surface area (TPSA) is 63.1 Å². The van der Waals surface area contributed by atoms with Gasteiger partial charge in [0.15, 0.2) is 4.34 Å². The molecule has 0 saturated heterocycles. The highest BCUT2D eigenvalue weighted by Crippen LogP contribution is 2.25. The normalized spacial score (nSPS) is 10.4. The van der Waals surface area contributed by atoms with Crippen LogP contribution in [0.2, 0.25) is 0 Å². The van der Waals surface area contributed by atoms with Gasteiger partial charge in [-0.1, -0.05) is 35.2 Å². The van der Waals surface area contributed by atoms with Crippen molar-refractivity contribution < 1.29 is 9.90 Å². The van der Waals surface area contributed by atoms with E-state index >= 15 is 0 Å². The van der Waals surface area contributed by atoms with E-state index in [2.05, 4.69) is 10.2 Å². The summed E-state index contributed by atoms with van der Waals surface area (Å²) >= 11 is 3.11. The maximum atomic E-state index is 10.8. The summed E-state index contributed by atoms with van der Waals surface area (Å²) in [7, 11) is 0. The van der Waals surface area contributed by atoms with E-state index in [-0.39, 0.29) is 0 Å². The Morgan fingerprint density at radius 2 is 2.29 bits per heavy atom. The highest BCUT2D eigenvalue weighted by Gasteiger charge is 2.05. The highest BCUT2D eigenvalue weighted by atomic mass is 32.2. The first-order chi connectivity index (χ1) is 8.15. The van der Waals surface area contributed by atoms with Crippen molar-refractivity contribution in [3.05, 3.63) is 40.4 Å². The first-order valence-corrected chi connectivity index (χ1v) is 6.70. The zero-order chi connectivity index (χ0) is 12.3. The number of benzene rings is 1. The largest absolute Gasteiger partial charge is 0.478 e. The van der Waals surface area contributed by atoms with Gasteiger partial charge in [0.1, 0.15) is 5.01 Å². The molecule has 1 aromatic heterocycles. The number of aromatic carboxylic acids is 1. The molecule has 0 atom stereocenters. The second kappa shape index (κ2) is 5.29. The summed E-state index contributed by atoms with van der Waals surface area (Å²) < 4.78 is 0.906. The molecule has 0 aliphatic rings. The van der Waals surface area contributed by atoms with Gasteiger partial charge in [-0.25, -0.2) is 4.79 Å². The van der Waals surface area contributed by atoms with Gasteiger partial charge in [-0.15, -0.1) is 10.2 Å². The summed E-state index contributed by atoms with van der Waals surface area (Å²) in [5.74, 6) is -0.195. The van der Waals surface area contributed by atoms with Crippen LogP contribution in [0.1, 0.15) is 20.9 Å². The van der Waals surface area contributed by atoms with Crippen LogP contribution in [0.25, 0.3) is 0 Å². The molecule has 17 heavy (non-hydrogen) atoms. The maximum Gasteiger partial charge on any atom is 0.335 e. The molecule has 0 bridgehead atoms. The molecule has 6 heteroatoms. The number of aryl methyl sites for hydroxylation is 1. The molecule has 2 aromatic rings. The lowest BCUT2D eigenvalue weighted by Crippen LogP contribution is -1.96. The second-order valence-corrected chi connectivity index (χ2v) is 5.79. The first-order valence-electron chi connectivity index (χ1n) is 4.90. The fourth-order valence-corrected chi connectivity index (χ4v) is 3.03. The van der Waals surface area contributed by atoms with Crippen LogP contribution in [0.3, 0.4) is 0 Å². The number of carboxylic acid groups (broad SMARTS) is 1. The molecule has 0 fully saturated rings. The minimum absolute atomic E-state index is 0.316. The van der Waals surface area contributed by atoms with Crippen molar-refractivity contribution in [2.45, 2.75) is 17.0 Å². The Labute approximate surface area is 107 Å². The van der Waals surface area contributed by atoms with Gasteiger partial charge >= 0.3 is 5.97 Å². The van der Waals surface area contributed by atoms with Gasteiger partial charge in [-0.05, 0) is 24.6 Å². The molecule has 4 nitrogen and oxygen atoms in total. The number of aromatic nitrogens is 2. The van der Waals surface area contributed by atoms with E-state index in [0.29, 0.717) is 11.3 Å². The van der Waals surface area contributed by atoms with Crippen molar-refractivity contribution in [3.8, 4) is 0 Å². The number of hydrogen-bond donors (Lipinski definition) is 1. The third-order valence-corrected chi connectivity index (χ3v) is 4.09. The summed E-state index contributed by atoms with van der Waals surface area (Å²) in [4.78, 5) is 10.8. The lowest BCUT2D eigenvalue weighted by atomic mass is 10.1. The summed E-state index contributed by atoms with van der Waals surface area (Å²) in [6.07, 6.45) is 0. The molecular weight excluding hydrogens is 256 g/mol. The number of nitrogens with zero attached hydrogens (tertiary/aromatic N) is 2. The molecule has 0 aliphatic carbocycles. The molecule has 0 saturated carbocycles. The fraction of sp³-hybridized carbons (Fsp3) is 0.182. The Morgan fingerprint density at radius 3 is 2.94 bits per heavy atom. The van der Waals surface area contributed by atoms with Crippen LogP contribution in [0.15, 0.2) is 28.6 Å². The van der Waals surface area contributed by atoms with E-state index in [1.807, 2.05) is 13.0 Å². The number of carboxylic acids is 1. The Morgan fingerprint density at radius 1 is 1.47 bits per heavy atom. The van der Waals surface area contributed by atoms with E-state index in [1.165, 1.54) is 0 Å². The van der Waals surface area contributed by atoms with Gasteiger partial charge in [0.05, 0.1) is 5.56 Å². The molecular formula is C11H10N2O2S2. The summed E-state index contributed by atoms with van der Waals surface area (Å²) in [6.45, 7) is 1.91. The van der Waals surface area contributed by atoms with Crippen molar-refractivity contribution in [2.24, 2.45) is 0 Å². The molecule has 0 aliphatic heterocycles. The molecule has 2 rings (SSSR count). The number of carbonyl (C=O) groups is 1. The van der Waals surface area contributed by atoms with Crippen LogP contribution < -0.4 is 0 Å². The Balaban J connectivity index is 2.04. The number of rotatable bonds is 4. The summed E-state index contributed by atoms with van der Waals surface area (Å²) in [5, 5.41) is 17.7. The lowest BCUT2D eigenvalue weighted by molar-refractivity contribution is 0.0697. The molecule has 1 N–H and O–H groups in total. The summed E-state index contributed by atoms with van der Waals surface area (Å²) in [6, 6.07) is 6.94. The lowest BCUT2D eigenvalue weighted by Gasteiger charge is -2.00. The third-order valence-electron chi connectivity index (χ3n) is 2.04. The third kappa shape index (κ3) is 3.28. The standard InChI is InChI=1S/C11H10N2O2S2/c1-7-12-13-11(17-7)16-6-8-3-2-4-9(5-8)10(14)15/h2-5H,6H2,1H3,(H,14,15). The fourth-order valence-electron chi connectivity index (χ4n) is 1.28. The second-order valence-electron chi connectivity index (χ2n) is 3.38. The van der Waals surface area contributed by atoms with E-state index in [1.54, 1.807) is 41.3 Å². The van der Waals surface area contributed by atoms with Crippen LogP contribution in [-0.4, -0.2) is 21.3 Å². The smallest absolute Gasteiger partial charge is 0.335 e. The summed E-state index contributed by atoms with van der Waals surface area (Å²) in [5.41, 5.74) is 1.29. The van der Waals surface area contributed by atoms with Crippen LogP contribution >= 0.6 is 23.1 Å². The minimum Gasteiger partial charge on any atom is -0.478 e. The molecule has 1 aromatic carbocycles. The zero-order valence-corrected chi connectivity index (χ0v) is 10.7. The van der Waals surface area contributed by atoms with Crippen LogP contribution in [-0.2, 0) is 5.75 Å². The SMILES string of the molecule is Cc1nnc(SCc2cccc(C(=O)O)c2)s1. The molecule has 0 radical (unpaired) electrons. The number of hydrogen-bond acceptors (Lipinski definition) is 5. The average molecular weight is 266 g/mol. The number of thioether (sulfide) groups is 1. The zero-order valence-electron chi connectivity index (χ0n) is 9.08.